The van der Waals surface area contributed by atoms with Crippen molar-refractivity contribution >= 4 is 32.7 Å². The summed E-state index contributed by atoms with van der Waals surface area (Å²) in [6, 6.07) is 12.8. The van der Waals surface area contributed by atoms with Gasteiger partial charge in [-0.2, -0.15) is 4.31 Å². The highest BCUT2D eigenvalue weighted by molar-refractivity contribution is 7.88. The van der Waals surface area contributed by atoms with Crippen LogP contribution in [0.3, 0.4) is 0 Å². The second-order valence-electron chi connectivity index (χ2n) is 8.19. The van der Waals surface area contributed by atoms with Crippen molar-refractivity contribution in [2.75, 3.05) is 37.8 Å². The number of anilines is 1. The molecule has 1 aliphatic rings. The number of carbonyl (C=O) groups is 1. The van der Waals surface area contributed by atoms with Gasteiger partial charge in [-0.1, -0.05) is 12.1 Å². The van der Waals surface area contributed by atoms with Crippen LogP contribution in [0.5, 0.6) is 0 Å². The molecule has 0 bridgehead atoms. The molecule has 0 saturated carbocycles. The number of imidazole rings is 1. The van der Waals surface area contributed by atoms with E-state index in [0.29, 0.717) is 44.0 Å². The molecule has 2 aromatic carbocycles. The van der Waals surface area contributed by atoms with Crippen molar-refractivity contribution in [3.05, 3.63) is 64.1 Å². The summed E-state index contributed by atoms with van der Waals surface area (Å²) in [5, 5.41) is 2.89. The molecule has 1 aromatic heterocycles. The SMILES string of the molecule is Cn1c(=O)n(C)c2cc(NC(=O)c3ccc(CN4CCN(S(C)(=O)=O)CC4)cc3)ccc21. The third-order valence-corrected chi connectivity index (χ3v) is 7.26. The van der Waals surface area contributed by atoms with Gasteiger partial charge < -0.3 is 5.32 Å². The molecule has 0 aliphatic carbocycles. The van der Waals surface area contributed by atoms with Gasteiger partial charge in [0.2, 0.25) is 10.0 Å². The monoisotopic (exact) mass is 457 g/mol. The highest BCUT2D eigenvalue weighted by Gasteiger charge is 2.23. The van der Waals surface area contributed by atoms with Gasteiger partial charge in [0.05, 0.1) is 17.3 Å². The predicted molar refractivity (Wildman–Crippen MR) is 124 cm³/mol. The van der Waals surface area contributed by atoms with Gasteiger partial charge in [0.15, 0.2) is 0 Å². The number of hydrogen-bond acceptors (Lipinski definition) is 5. The Labute approximate surface area is 186 Å². The molecular weight excluding hydrogens is 430 g/mol. The number of nitrogens with one attached hydrogen (secondary N) is 1. The first kappa shape index (κ1) is 22.3. The average molecular weight is 458 g/mol. The highest BCUT2D eigenvalue weighted by atomic mass is 32.2. The second-order valence-corrected chi connectivity index (χ2v) is 10.2. The summed E-state index contributed by atoms with van der Waals surface area (Å²) in [6.45, 7) is 3.06. The van der Waals surface area contributed by atoms with Gasteiger partial charge in [0.25, 0.3) is 5.91 Å². The molecule has 4 rings (SSSR count). The fourth-order valence-electron chi connectivity index (χ4n) is 4.03. The van der Waals surface area contributed by atoms with E-state index < -0.39 is 10.0 Å². The van der Waals surface area contributed by atoms with E-state index in [1.165, 1.54) is 10.6 Å². The Kier molecular flexibility index (Phi) is 5.93. The smallest absolute Gasteiger partial charge is 0.322 e. The largest absolute Gasteiger partial charge is 0.328 e. The van der Waals surface area contributed by atoms with E-state index in [0.717, 1.165) is 16.6 Å². The van der Waals surface area contributed by atoms with Crippen LogP contribution in [-0.2, 0) is 30.7 Å². The third kappa shape index (κ3) is 4.47. The summed E-state index contributed by atoms with van der Waals surface area (Å²) < 4.78 is 27.9. The number of amides is 1. The molecule has 3 aromatic rings. The Morgan fingerprint density at radius 2 is 1.56 bits per heavy atom. The highest BCUT2D eigenvalue weighted by Crippen LogP contribution is 2.19. The minimum absolute atomic E-state index is 0.114. The van der Waals surface area contributed by atoms with E-state index in [9.17, 15) is 18.0 Å². The lowest BCUT2D eigenvalue weighted by molar-refractivity contribution is 0.102. The summed E-state index contributed by atoms with van der Waals surface area (Å²) >= 11 is 0. The van der Waals surface area contributed by atoms with Crippen LogP contribution in [0.1, 0.15) is 15.9 Å². The molecule has 0 spiro atoms. The van der Waals surface area contributed by atoms with E-state index in [1.54, 1.807) is 47.5 Å². The van der Waals surface area contributed by atoms with Gasteiger partial charge >= 0.3 is 5.69 Å². The maximum atomic E-state index is 12.7. The first-order valence-corrected chi connectivity index (χ1v) is 12.2. The molecule has 1 amide bonds. The number of piperazine rings is 1. The van der Waals surface area contributed by atoms with Gasteiger partial charge in [-0.05, 0) is 35.9 Å². The summed E-state index contributed by atoms with van der Waals surface area (Å²) in [4.78, 5) is 27.0. The Bertz CT molecular complexity index is 1320. The minimum Gasteiger partial charge on any atom is -0.322 e. The van der Waals surface area contributed by atoms with Crippen LogP contribution in [0, 0.1) is 0 Å². The van der Waals surface area contributed by atoms with Crippen molar-refractivity contribution < 1.29 is 13.2 Å². The molecule has 9 nitrogen and oxygen atoms in total. The standard InChI is InChI=1S/C22H27N5O4S/c1-24-19-9-8-18(14-20(19)25(2)22(24)29)23-21(28)17-6-4-16(5-7-17)15-26-10-12-27(13-11-26)32(3,30)31/h4-9,14H,10-13,15H2,1-3H3,(H,23,28). The van der Waals surface area contributed by atoms with Crippen LogP contribution < -0.4 is 11.0 Å². The van der Waals surface area contributed by atoms with E-state index in [-0.39, 0.29) is 11.6 Å². The van der Waals surface area contributed by atoms with Crippen LogP contribution in [-0.4, -0.2) is 65.1 Å². The number of aryl methyl sites for hydroxylation is 2. The molecule has 1 fully saturated rings. The average Bonchev–Trinajstić information content (AvgIpc) is 2.98. The summed E-state index contributed by atoms with van der Waals surface area (Å²) in [7, 11) is 0.288. The molecule has 2 heterocycles. The van der Waals surface area contributed by atoms with Crippen molar-refractivity contribution in [1.82, 2.24) is 18.3 Å². The Morgan fingerprint density at radius 3 is 2.19 bits per heavy atom. The van der Waals surface area contributed by atoms with Crippen LogP contribution in [0.15, 0.2) is 47.3 Å². The molecule has 1 aliphatic heterocycles. The van der Waals surface area contributed by atoms with E-state index in [4.69, 9.17) is 0 Å². The first-order chi connectivity index (χ1) is 15.1. The number of benzene rings is 2. The number of sulfonamides is 1. The maximum absolute atomic E-state index is 12.7. The zero-order valence-corrected chi connectivity index (χ0v) is 19.2. The molecule has 1 N–H and O–H groups in total. The number of carbonyl (C=O) groups excluding carboxylic acids is 1. The second kappa shape index (κ2) is 8.53. The number of fused-ring (bicyclic) bond motifs is 1. The quantitative estimate of drug-likeness (QED) is 0.621. The molecule has 1 saturated heterocycles. The summed E-state index contributed by atoms with van der Waals surface area (Å²) in [5.74, 6) is -0.224. The number of rotatable bonds is 5. The van der Waals surface area contributed by atoms with Gasteiger partial charge in [-0.3, -0.25) is 18.8 Å². The van der Waals surface area contributed by atoms with Crippen molar-refractivity contribution in [2.45, 2.75) is 6.54 Å². The lowest BCUT2D eigenvalue weighted by Crippen LogP contribution is -2.47. The number of hydrogen-bond donors (Lipinski definition) is 1. The molecule has 10 heteroatoms. The Balaban J connectivity index is 1.39. The normalized spacial score (nSPS) is 15.8. The lowest BCUT2D eigenvalue weighted by Gasteiger charge is -2.33. The topological polar surface area (TPSA) is 96.7 Å². The molecule has 0 unspecified atom stereocenters. The molecule has 0 radical (unpaired) electrons. The van der Waals surface area contributed by atoms with Gasteiger partial charge in [-0.25, -0.2) is 13.2 Å². The summed E-state index contributed by atoms with van der Waals surface area (Å²) in [6.07, 6.45) is 1.24. The zero-order valence-electron chi connectivity index (χ0n) is 18.4. The lowest BCUT2D eigenvalue weighted by atomic mass is 10.1. The van der Waals surface area contributed by atoms with Gasteiger partial charge in [0.1, 0.15) is 0 Å². The molecule has 0 atom stereocenters. The first-order valence-electron chi connectivity index (χ1n) is 10.4. The van der Waals surface area contributed by atoms with Gasteiger partial charge in [-0.15, -0.1) is 0 Å². The van der Waals surface area contributed by atoms with Crippen LogP contribution in [0.4, 0.5) is 5.69 Å². The van der Waals surface area contributed by atoms with Crippen molar-refractivity contribution in [2.24, 2.45) is 14.1 Å². The van der Waals surface area contributed by atoms with E-state index in [1.807, 2.05) is 18.2 Å². The number of nitrogens with zero attached hydrogens (tertiary/aromatic N) is 4. The van der Waals surface area contributed by atoms with Crippen molar-refractivity contribution in [1.29, 1.82) is 0 Å². The fourth-order valence-corrected chi connectivity index (χ4v) is 4.85. The Morgan fingerprint density at radius 1 is 0.938 bits per heavy atom. The zero-order chi connectivity index (χ0) is 23.0. The van der Waals surface area contributed by atoms with E-state index in [2.05, 4.69) is 10.2 Å². The van der Waals surface area contributed by atoms with Crippen LogP contribution in [0.25, 0.3) is 11.0 Å². The van der Waals surface area contributed by atoms with Crippen LogP contribution in [0.2, 0.25) is 0 Å². The maximum Gasteiger partial charge on any atom is 0.328 e. The van der Waals surface area contributed by atoms with Crippen molar-refractivity contribution in [3.8, 4) is 0 Å². The molecule has 32 heavy (non-hydrogen) atoms. The fraction of sp³-hybridized carbons (Fsp3) is 0.364. The predicted octanol–water partition coefficient (Wildman–Crippen LogP) is 1.21. The van der Waals surface area contributed by atoms with E-state index >= 15 is 0 Å². The Hall–Kier alpha value is -2.95. The third-order valence-electron chi connectivity index (χ3n) is 5.95. The van der Waals surface area contributed by atoms with Crippen molar-refractivity contribution in [3.63, 3.8) is 0 Å². The molecule has 170 valence electrons. The summed E-state index contributed by atoms with van der Waals surface area (Å²) in [5.41, 5.74) is 3.67. The number of aromatic nitrogens is 2. The molecular formula is C22H27N5O4S. The van der Waals surface area contributed by atoms with Gasteiger partial charge in [0, 0.05) is 58.1 Å². The van der Waals surface area contributed by atoms with Crippen LogP contribution >= 0.6 is 0 Å². The minimum atomic E-state index is -3.13.